The molecule has 1 heterocycles. The van der Waals surface area contributed by atoms with Crippen LogP contribution in [0.5, 0.6) is 17.2 Å². The van der Waals surface area contributed by atoms with Gasteiger partial charge in [-0.3, -0.25) is 0 Å². The molecule has 0 unspecified atom stereocenters. The van der Waals surface area contributed by atoms with E-state index in [9.17, 15) is 10.2 Å². The van der Waals surface area contributed by atoms with Gasteiger partial charge >= 0.3 is 0 Å². The molecule has 2 aromatic carbocycles. The molecule has 0 saturated carbocycles. The van der Waals surface area contributed by atoms with Crippen molar-refractivity contribution >= 4 is 10.9 Å². The van der Waals surface area contributed by atoms with Gasteiger partial charge in [0.25, 0.3) is 0 Å². The lowest BCUT2D eigenvalue weighted by molar-refractivity contribution is 0.274. The van der Waals surface area contributed by atoms with E-state index in [4.69, 9.17) is 14.2 Å². The fourth-order valence-corrected chi connectivity index (χ4v) is 3.12. The molecule has 3 rings (SSSR count). The van der Waals surface area contributed by atoms with E-state index in [0.717, 1.165) is 22.3 Å². The third-order valence-electron chi connectivity index (χ3n) is 4.32. The number of H-pyrrole nitrogens is 1. The van der Waals surface area contributed by atoms with Crippen molar-refractivity contribution in [1.29, 1.82) is 0 Å². The summed E-state index contributed by atoms with van der Waals surface area (Å²) in [6.45, 7) is -0.372. The van der Waals surface area contributed by atoms with Crippen LogP contribution in [0.15, 0.2) is 30.3 Å². The van der Waals surface area contributed by atoms with Gasteiger partial charge in [0.05, 0.1) is 45.4 Å². The molecule has 0 spiro atoms. The maximum Gasteiger partial charge on any atom is 0.132 e. The first-order valence-corrected chi connectivity index (χ1v) is 7.83. The standard InChI is InChI=1S/C19H21NO5/c1-23-12-6-4-11(5-7-12)17-14(10-22)20-19-13(9-21)15(24-2)8-16(25-3)18(17)19/h4-8,20-22H,9-10H2,1-3H3. The Bertz CT molecular complexity index is 883. The second-order valence-corrected chi connectivity index (χ2v) is 5.53. The number of aromatic nitrogens is 1. The molecule has 0 fully saturated rings. The first kappa shape index (κ1) is 17.1. The van der Waals surface area contributed by atoms with Gasteiger partial charge in [-0.1, -0.05) is 12.1 Å². The minimum absolute atomic E-state index is 0.174. The second-order valence-electron chi connectivity index (χ2n) is 5.53. The zero-order valence-electron chi connectivity index (χ0n) is 14.4. The minimum Gasteiger partial charge on any atom is -0.497 e. The largest absolute Gasteiger partial charge is 0.497 e. The SMILES string of the molecule is COc1ccc(-c2c(CO)[nH]c3c(CO)c(OC)cc(OC)c23)cc1. The molecular formula is C19H21NO5. The van der Waals surface area contributed by atoms with Crippen molar-refractivity contribution in [2.24, 2.45) is 0 Å². The third kappa shape index (κ3) is 2.79. The zero-order valence-corrected chi connectivity index (χ0v) is 14.4. The van der Waals surface area contributed by atoms with Gasteiger partial charge in [0.15, 0.2) is 0 Å². The number of fused-ring (bicyclic) bond motifs is 1. The van der Waals surface area contributed by atoms with Crippen LogP contribution >= 0.6 is 0 Å². The summed E-state index contributed by atoms with van der Waals surface area (Å²) in [6, 6.07) is 9.30. The van der Waals surface area contributed by atoms with Crippen molar-refractivity contribution in [1.82, 2.24) is 4.98 Å². The summed E-state index contributed by atoms with van der Waals surface area (Å²) in [6.07, 6.45) is 0. The molecule has 132 valence electrons. The molecule has 1 aromatic heterocycles. The monoisotopic (exact) mass is 343 g/mol. The molecular weight excluding hydrogens is 322 g/mol. The van der Waals surface area contributed by atoms with Gasteiger partial charge in [-0.2, -0.15) is 0 Å². The predicted octanol–water partition coefficient (Wildman–Crippen LogP) is 2.85. The van der Waals surface area contributed by atoms with Gasteiger partial charge in [0, 0.05) is 22.9 Å². The van der Waals surface area contributed by atoms with Crippen LogP contribution in [0, 0.1) is 0 Å². The molecule has 6 nitrogen and oxygen atoms in total. The van der Waals surface area contributed by atoms with E-state index < -0.39 is 0 Å². The molecule has 0 atom stereocenters. The lowest BCUT2D eigenvalue weighted by atomic mass is 9.99. The highest BCUT2D eigenvalue weighted by Gasteiger charge is 2.22. The number of methoxy groups -OCH3 is 3. The molecule has 0 aliphatic carbocycles. The summed E-state index contributed by atoms with van der Waals surface area (Å²) in [5.41, 5.74) is 3.68. The van der Waals surface area contributed by atoms with Gasteiger partial charge in [0.1, 0.15) is 17.2 Å². The molecule has 0 bridgehead atoms. The molecule has 0 aliphatic rings. The van der Waals surface area contributed by atoms with Crippen LogP contribution in [0.25, 0.3) is 22.0 Å². The number of benzene rings is 2. The van der Waals surface area contributed by atoms with E-state index in [2.05, 4.69) is 4.98 Å². The average molecular weight is 343 g/mol. The summed E-state index contributed by atoms with van der Waals surface area (Å²) in [7, 11) is 4.74. The minimum atomic E-state index is -0.197. The highest BCUT2D eigenvalue weighted by atomic mass is 16.5. The van der Waals surface area contributed by atoms with E-state index in [-0.39, 0.29) is 13.2 Å². The molecule has 25 heavy (non-hydrogen) atoms. The number of hydrogen-bond acceptors (Lipinski definition) is 5. The number of aliphatic hydroxyl groups is 2. The molecule has 3 aromatic rings. The summed E-state index contributed by atoms with van der Waals surface area (Å²) < 4.78 is 16.1. The molecule has 0 aliphatic heterocycles. The summed E-state index contributed by atoms with van der Waals surface area (Å²) in [4.78, 5) is 3.21. The van der Waals surface area contributed by atoms with E-state index in [1.165, 1.54) is 0 Å². The van der Waals surface area contributed by atoms with Gasteiger partial charge in [0.2, 0.25) is 0 Å². The Balaban J connectivity index is 2.36. The normalized spacial score (nSPS) is 10.9. The van der Waals surface area contributed by atoms with Gasteiger partial charge < -0.3 is 29.4 Å². The molecule has 3 N–H and O–H groups in total. The molecule has 0 radical (unpaired) electrons. The quantitative estimate of drug-likeness (QED) is 0.641. The summed E-state index contributed by atoms with van der Waals surface area (Å²) >= 11 is 0. The van der Waals surface area contributed by atoms with E-state index >= 15 is 0 Å². The van der Waals surface area contributed by atoms with Gasteiger partial charge in [-0.15, -0.1) is 0 Å². The number of nitrogens with one attached hydrogen (secondary N) is 1. The lowest BCUT2D eigenvalue weighted by Gasteiger charge is -2.12. The first-order chi connectivity index (χ1) is 12.2. The topological polar surface area (TPSA) is 83.9 Å². The fourth-order valence-electron chi connectivity index (χ4n) is 3.12. The lowest BCUT2D eigenvalue weighted by Crippen LogP contribution is -1.96. The maximum atomic E-state index is 9.84. The van der Waals surface area contributed by atoms with Gasteiger partial charge in [-0.25, -0.2) is 0 Å². The Kier molecular flexibility index (Phi) is 4.83. The number of aliphatic hydroxyl groups excluding tert-OH is 2. The van der Waals surface area contributed by atoms with Crippen LogP contribution in [-0.2, 0) is 13.2 Å². The van der Waals surface area contributed by atoms with Crippen LogP contribution in [-0.4, -0.2) is 36.5 Å². The van der Waals surface area contributed by atoms with Crippen LogP contribution < -0.4 is 14.2 Å². The van der Waals surface area contributed by atoms with E-state index in [1.54, 1.807) is 27.4 Å². The van der Waals surface area contributed by atoms with Crippen LogP contribution in [0.2, 0.25) is 0 Å². The third-order valence-corrected chi connectivity index (χ3v) is 4.32. The Hall–Kier alpha value is -2.70. The first-order valence-electron chi connectivity index (χ1n) is 7.83. The number of ether oxygens (including phenoxy) is 3. The number of aromatic amines is 1. The van der Waals surface area contributed by atoms with Crippen molar-refractivity contribution in [2.75, 3.05) is 21.3 Å². The second kappa shape index (κ2) is 7.04. The summed E-state index contributed by atoms with van der Waals surface area (Å²) in [5.74, 6) is 1.88. The highest BCUT2D eigenvalue weighted by Crippen LogP contribution is 2.43. The van der Waals surface area contributed by atoms with Crippen molar-refractivity contribution < 1.29 is 24.4 Å². The Morgan fingerprint density at radius 1 is 0.880 bits per heavy atom. The molecule has 0 saturated heterocycles. The number of rotatable bonds is 6. The molecule has 0 amide bonds. The summed E-state index contributed by atoms with van der Waals surface area (Å²) in [5, 5.41) is 20.4. The smallest absolute Gasteiger partial charge is 0.132 e. The Morgan fingerprint density at radius 2 is 1.56 bits per heavy atom. The predicted molar refractivity (Wildman–Crippen MR) is 95.2 cm³/mol. The van der Waals surface area contributed by atoms with Crippen molar-refractivity contribution in [2.45, 2.75) is 13.2 Å². The van der Waals surface area contributed by atoms with Crippen molar-refractivity contribution in [3.05, 3.63) is 41.6 Å². The van der Waals surface area contributed by atoms with Crippen LogP contribution in [0.3, 0.4) is 0 Å². The highest BCUT2D eigenvalue weighted by molar-refractivity contribution is 6.04. The molecule has 6 heteroatoms. The number of hydrogen-bond donors (Lipinski definition) is 3. The van der Waals surface area contributed by atoms with Crippen LogP contribution in [0.4, 0.5) is 0 Å². The fraction of sp³-hybridized carbons (Fsp3) is 0.263. The van der Waals surface area contributed by atoms with Gasteiger partial charge in [-0.05, 0) is 17.7 Å². The average Bonchev–Trinajstić information content (AvgIpc) is 3.06. The van der Waals surface area contributed by atoms with E-state index in [1.807, 2.05) is 24.3 Å². The Morgan fingerprint density at radius 3 is 2.08 bits per heavy atom. The van der Waals surface area contributed by atoms with Crippen molar-refractivity contribution in [3.63, 3.8) is 0 Å². The van der Waals surface area contributed by atoms with Crippen LogP contribution in [0.1, 0.15) is 11.3 Å². The zero-order chi connectivity index (χ0) is 18.0. The van der Waals surface area contributed by atoms with E-state index in [0.29, 0.717) is 28.3 Å². The van der Waals surface area contributed by atoms with Crippen molar-refractivity contribution in [3.8, 4) is 28.4 Å². The maximum absolute atomic E-state index is 9.84. The Labute approximate surface area is 145 Å².